The fourth-order valence-corrected chi connectivity index (χ4v) is 7.51. The molecule has 2 aliphatic heterocycles. The van der Waals surface area contributed by atoms with Crippen LogP contribution < -0.4 is 5.56 Å². The van der Waals surface area contributed by atoms with Gasteiger partial charge < -0.3 is 21.8 Å². The van der Waals surface area contributed by atoms with Crippen molar-refractivity contribution in [3.05, 3.63) is 136 Å². The number of piperidine rings is 1. The van der Waals surface area contributed by atoms with Crippen LogP contribution in [0.4, 0.5) is 9.18 Å². The number of aryl methyl sites for hydroxylation is 1. The molecule has 268 valence electrons. The van der Waals surface area contributed by atoms with E-state index in [0.717, 1.165) is 41.5 Å². The van der Waals surface area contributed by atoms with Crippen LogP contribution in [0.25, 0.3) is 11.0 Å². The molecule has 1 unspecified atom stereocenters. The Kier molecular flexibility index (Phi) is 11.0. The molecule has 2 aliphatic rings. The molecule has 1 fully saturated rings. The van der Waals surface area contributed by atoms with Gasteiger partial charge in [0.1, 0.15) is 17.7 Å². The maximum absolute atomic E-state index is 13.9. The number of fused-ring (bicyclic) bond motifs is 2. The van der Waals surface area contributed by atoms with E-state index in [1.807, 2.05) is 67.6 Å². The Morgan fingerprint density at radius 2 is 1.69 bits per heavy atom. The van der Waals surface area contributed by atoms with Crippen LogP contribution in [-0.4, -0.2) is 61.7 Å². The summed E-state index contributed by atoms with van der Waals surface area (Å²) in [5.41, 5.74) is 4.42. The summed E-state index contributed by atoms with van der Waals surface area (Å²) in [4.78, 5) is 34.0. The lowest BCUT2D eigenvalue weighted by molar-refractivity contribution is -0.948. The highest BCUT2D eigenvalue weighted by Gasteiger charge is 2.38. The van der Waals surface area contributed by atoms with Crippen LogP contribution in [-0.2, 0) is 30.8 Å². The third kappa shape index (κ3) is 7.89. The van der Waals surface area contributed by atoms with Crippen molar-refractivity contribution in [2.45, 2.75) is 70.7 Å². The minimum atomic E-state index is -0.736. The molecule has 1 N–H and O–H groups in total. The van der Waals surface area contributed by atoms with E-state index in [4.69, 9.17) is 9.26 Å². The first kappa shape index (κ1) is 35.9. The first-order valence-corrected chi connectivity index (χ1v) is 17.5. The zero-order valence-electron chi connectivity index (χ0n) is 29.3. The van der Waals surface area contributed by atoms with Gasteiger partial charge in [0.15, 0.2) is 5.58 Å². The highest BCUT2D eigenvalue weighted by atomic mass is 19.1. The molecule has 10 nitrogen and oxygen atoms in total. The molecule has 0 saturated carbocycles. The Labute approximate surface area is 297 Å². The van der Waals surface area contributed by atoms with Gasteiger partial charge in [0.05, 0.1) is 25.3 Å². The average Bonchev–Trinajstić information content (AvgIpc) is 3.55. The van der Waals surface area contributed by atoms with E-state index >= 15 is 0 Å². The van der Waals surface area contributed by atoms with E-state index in [9.17, 15) is 19.1 Å². The van der Waals surface area contributed by atoms with Crippen LogP contribution in [0.5, 0.6) is 0 Å². The topological polar surface area (TPSA) is 111 Å². The number of hydrogen-bond donors (Lipinski definition) is 1. The second kappa shape index (κ2) is 15.6. The number of benzene rings is 3. The Bertz CT molecular complexity index is 1970. The highest BCUT2D eigenvalue weighted by Crippen LogP contribution is 2.35. The largest absolute Gasteiger partial charge is 0.414 e. The lowest BCUT2D eigenvalue weighted by Crippen LogP contribution is -2.56. The number of carbonyl (C=O) groups excluding carboxylic acids is 1. The van der Waals surface area contributed by atoms with Gasteiger partial charge in [-0.25, -0.2) is 14.2 Å². The predicted molar refractivity (Wildman–Crippen MR) is 192 cm³/mol. The summed E-state index contributed by atoms with van der Waals surface area (Å²) in [5.74, 6) is 0.167. The van der Waals surface area contributed by atoms with Crippen molar-refractivity contribution in [1.82, 2.24) is 19.6 Å². The molecule has 51 heavy (non-hydrogen) atoms. The van der Waals surface area contributed by atoms with Crippen molar-refractivity contribution in [1.29, 1.82) is 0 Å². The zero-order chi connectivity index (χ0) is 34.7. The number of aliphatic hydroxyl groups excluding tert-OH is 1. The molecule has 0 radical (unpaired) electrons. The van der Waals surface area contributed by atoms with Crippen LogP contribution in [0.15, 0.2) is 88.2 Å². The minimum absolute atomic E-state index is 0. The molecule has 1 atom stereocenters. The molecule has 11 heteroatoms. The number of hydrogen-bond acceptors (Lipinski definition) is 7. The maximum atomic E-state index is 13.9. The van der Waals surface area contributed by atoms with Crippen molar-refractivity contribution in [2.24, 2.45) is 0 Å². The van der Waals surface area contributed by atoms with Gasteiger partial charge in [0.25, 0.3) is 5.56 Å². The second-order valence-electron chi connectivity index (χ2n) is 13.8. The normalized spacial score (nSPS) is 20.0. The summed E-state index contributed by atoms with van der Waals surface area (Å²) in [6.45, 7) is 5.26. The first-order chi connectivity index (χ1) is 24.3. The Morgan fingerprint density at radius 3 is 2.35 bits per heavy atom. The Hall–Kier alpha value is -4.87. The Balaban J connectivity index is 0.00000448. The van der Waals surface area contributed by atoms with Crippen LogP contribution in [0.3, 0.4) is 0 Å². The number of aliphatic hydroxyl groups is 1. The van der Waals surface area contributed by atoms with Crippen molar-refractivity contribution >= 4 is 17.1 Å². The molecular formula is C40H46FN5O5. The van der Waals surface area contributed by atoms with Gasteiger partial charge in [-0.15, -0.1) is 0 Å². The summed E-state index contributed by atoms with van der Waals surface area (Å²) < 4.78 is 27.6. The summed E-state index contributed by atoms with van der Waals surface area (Å²) >= 11 is 0. The van der Waals surface area contributed by atoms with E-state index in [0.29, 0.717) is 79.3 Å². The summed E-state index contributed by atoms with van der Waals surface area (Å²) in [5, 5.41) is 15.7. The van der Waals surface area contributed by atoms with Crippen LogP contribution in [0.1, 0.15) is 71.6 Å². The quantitative estimate of drug-likeness (QED) is 0.126. The van der Waals surface area contributed by atoms with E-state index in [1.165, 1.54) is 12.1 Å². The summed E-state index contributed by atoms with van der Waals surface area (Å²) in [6, 6.07) is 24.2. The van der Waals surface area contributed by atoms with Gasteiger partial charge in [-0.05, 0) is 43.0 Å². The van der Waals surface area contributed by atoms with Crippen LogP contribution in [0.2, 0.25) is 0 Å². The molecule has 3 aromatic carbocycles. The SMILES string of the molecule is Cc1nc2n(c(=O)c1CC[N+]1(COC(=O)N(Cc3ccccc3)Cc3ccccc3)CCC(c3noc4cc(F)ccc34)CC1)CCCC2O.[CH3-]. The standard InChI is InChI=1S/C39H43FN5O5.CH3/c1-27-32(38(47)44-19-8-13-34(46)37(44)41-27)18-22-45(20-16-30(17-21-45)36-33-15-14-31(40)23-35(33)50-42-36)26-49-39(48)43(24-28-9-4-2-5-10-28)25-29-11-6-3-7-12-29;/h2-7,9-12,14-15,23,30,34,46H,8,13,16-22,24-26H2,1H3;1H3/q+1;-1. The molecule has 2 aromatic heterocycles. The van der Waals surface area contributed by atoms with Gasteiger partial charge in [-0.1, -0.05) is 65.8 Å². The molecule has 0 bridgehead atoms. The minimum Gasteiger partial charge on any atom is -0.399 e. The molecular weight excluding hydrogens is 649 g/mol. The number of carbonyl (C=O) groups is 1. The zero-order valence-corrected chi connectivity index (χ0v) is 29.3. The van der Waals surface area contributed by atoms with Crippen LogP contribution in [0, 0.1) is 20.2 Å². The van der Waals surface area contributed by atoms with E-state index in [2.05, 4.69) is 10.1 Å². The van der Waals surface area contributed by atoms with Gasteiger partial charge in [0.2, 0.25) is 6.73 Å². The molecule has 0 spiro atoms. The third-order valence-corrected chi connectivity index (χ3v) is 10.4. The first-order valence-electron chi connectivity index (χ1n) is 17.5. The number of halogens is 1. The number of nitrogens with zero attached hydrogens (tertiary/aromatic N) is 5. The average molecular weight is 696 g/mol. The predicted octanol–water partition coefficient (Wildman–Crippen LogP) is 6.84. The summed E-state index contributed by atoms with van der Waals surface area (Å²) in [7, 11) is 0. The fourth-order valence-electron chi connectivity index (χ4n) is 7.51. The maximum Gasteiger partial charge on any atom is 0.414 e. The lowest BCUT2D eigenvalue weighted by Gasteiger charge is -2.43. The second-order valence-corrected chi connectivity index (χ2v) is 13.8. The summed E-state index contributed by atoms with van der Waals surface area (Å²) in [6.07, 6.45) is 2.14. The van der Waals surface area contributed by atoms with Gasteiger partial charge in [0, 0.05) is 67.5 Å². The molecule has 1 amide bonds. The van der Waals surface area contributed by atoms with Gasteiger partial charge in [-0.2, -0.15) is 0 Å². The lowest BCUT2D eigenvalue weighted by atomic mass is 9.90. The van der Waals surface area contributed by atoms with Crippen LogP contribution >= 0.6 is 0 Å². The van der Waals surface area contributed by atoms with E-state index in [1.54, 1.807) is 15.5 Å². The smallest absolute Gasteiger partial charge is 0.399 e. The number of quaternary nitrogens is 1. The molecule has 0 aliphatic carbocycles. The molecule has 5 aromatic rings. The van der Waals surface area contributed by atoms with Crippen molar-refractivity contribution in [3.8, 4) is 0 Å². The monoisotopic (exact) mass is 695 g/mol. The molecule has 7 rings (SSSR count). The number of likely N-dealkylation sites (tertiary alicyclic amines) is 1. The number of rotatable bonds is 10. The number of amides is 1. The van der Waals surface area contributed by atoms with E-state index < -0.39 is 12.2 Å². The van der Waals surface area contributed by atoms with Gasteiger partial charge >= 0.3 is 6.09 Å². The highest BCUT2D eigenvalue weighted by molar-refractivity contribution is 5.79. The third-order valence-electron chi connectivity index (χ3n) is 10.4. The molecule has 1 saturated heterocycles. The van der Waals surface area contributed by atoms with Crippen molar-refractivity contribution < 1.29 is 28.0 Å². The van der Waals surface area contributed by atoms with Crippen molar-refractivity contribution in [2.75, 3.05) is 26.4 Å². The van der Waals surface area contributed by atoms with Gasteiger partial charge in [-0.3, -0.25) is 18.7 Å². The fraction of sp³-hybridized carbons (Fsp3) is 0.375. The number of aromatic nitrogens is 3. The Morgan fingerprint density at radius 1 is 1.02 bits per heavy atom. The molecule has 4 heterocycles. The number of ether oxygens (including phenoxy) is 1. The van der Waals surface area contributed by atoms with Crippen molar-refractivity contribution in [3.63, 3.8) is 0 Å². The van der Waals surface area contributed by atoms with E-state index in [-0.39, 0.29) is 31.5 Å².